The first-order valence-corrected chi connectivity index (χ1v) is 9.05. The van der Waals surface area contributed by atoms with Crippen molar-refractivity contribution in [1.29, 1.82) is 0 Å². The Labute approximate surface area is 137 Å². The molecular weight excluding hydrogens is 318 g/mol. The average Bonchev–Trinajstić information content (AvgIpc) is 2.36. The van der Waals surface area contributed by atoms with Crippen molar-refractivity contribution in [2.24, 2.45) is 0 Å². The first-order valence-electron chi connectivity index (χ1n) is 7.16. The molecule has 128 valence electrons. The molecule has 0 aliphatic carbocycles. The fraction of sp³-hybridized carbons (Fsp3) is 0.467. The third kappa shape index (κ3) is 6.79. The number of hydrogen-bond donors (Lipinski definition) is 2. The van der Waals surface area contributed by atoms with E-state index in [9.17, 15) is 18.0 Å². The number of nitrogens with zero attached hydrogens (tertiary/aromatic N) is 1. The summed E-state index contributed by atoms with van der Waals surface area (Å²) in [6.45, 7) is 3.77. The van der Waals surface area contributed by atoms with Crippen molar-refractivity contribution in [2.75, 3.05) is 31.7 Å². The van der Waals surface area contributed by atoms with Gasteiger partial charge in [-0.1, -0.05) is 12.1 Å². The van der Waals surface area contributed by atoms with E-state index in [1.165, 1.54) is 12.1 Å². The predicted molar refractivity (Wildman–Crippen MR) is 89.0 cm³/mol. The summed E-state index contributed by atoms with van der Waals surface area (Å²) < 4.78 is 23.4. The topological polar surface area (TPSA) is 95.6 Å². The summed E-state index contributed by atoms with van der Waals surface area (Å²) in [6, 6.07) is 6.23. The lowest BCUT2D eigenvalue weighted by Gasteiger charge is -2.17. The lowest BCUT2D eigenvalue weighted by molar-refractivity contribution is -0.123. The highest BCUT2D eigenvalue weighted by Gasteiger charge is 2.16. The van der Waals surface area contributed by atoms with Gasteiger partial charge in [-0.15, -0.1) is 0 Å². The van der Waals surface area contributed by atoms with Crippen molar-refractivity contribution in [2.45, 2.75) is 24.8 Å². The van der Waals surface area contributed by atoms with Crippen molar-refractivity contribution in [3.8, 4) is 0 Å². The number of carbonyl (C=O) groups is 2. The summed E-state index contributed by atoms with van der Waals surface area (Å²) in [4.78, 5) is 25.3. The van der Waals surface area contributed by atoms with Crippen molar-refractivity contribution in [3.05, 3.63) is 24.3 Å². The Kier molecular flexibility index (Phi) is 6.71. The van der Waals surface area contributed by atoms with Gasteiger partial charge in [-0.25, -0.2) is 8.42 Å². The SMILES string of the molecule is CC(C)NC(=O)CN(C)CC(=O)Nc1ccccc1S(C)(=O)=O. The third-order valence-corrected chi connectivity index (χ3v) is 3.99. The lowest BCUT2D eigenvalue weighted by Crippen LogP contribution is -2.41. The minimum absolute atomic E-state index is 0.0242. The van der Waals surface area contributed by atoms with Crippen molar-refractivity contribution in [1.82, 2.24) is 10.2 Å². The molecule has 23 heavy (non-hydrogen) atoms. The third-order valence-electron chi connectivity index (χ3n) is 2.84. The van der Waals surface area contributed by atoms with Crippen LogP contribution >= 0.6 is 0 Å². The molecule has 8 heteroatoms. The number of benzene rings is 1. The van der Waals surface area contributed by atoms with Crippen LogP contribution in [0.4, 0.5) is 5.69 Å². The van der Waals surface area contributed by atoms with Crippen LogP contribution < -0.4 is 10.6 Å². The van der Waals surface area contributed by atoms with Crippen molar-refractivity contribution in [3.63, 3.8) is 0 Å². The zero-order valence-corrected chi connectivity index (χ0v) is 14.6. The summed E-state index contributed by atoms with van der Waals surface area (Å²) in [5, 5.41) is 5.30. The first kappa shape index (κ1) is 19.1. The summed E-state index contributed by atoms with van der Waals surface area (Å²) >= 11 is 0. The lowest BCUT2D eigenvalue weighted by atomic mass is 10.3. The molecule has 0 saturated carbocycles. The molecule has 0 radical (unpaired) electrons. The van der Waals surface area contributed by atoms with Crippen LogP contribution in [0.3, 0.4) is 0 Å². The van der Waals surface area contributed by atoms with E-state index in [2.05, 4.69) is 10.6 Å². The van der Waals surface area contributed by atoms with E-state index in [0.29, 0.717) is 0 Å². The monoisotopic (exact) mass is 341 g/mol. The van der Waals surface area contributed by atoms with Gasteiger partial charge in [0.05, 0.1) is 23.7 Å². The average molecular weight is 341 g/mol. The molecular formula is C15H23N3O4S. The summed E-state index contributed by atoms with van der Waals surface area (Å²) in [7, 11) is -1.79. The Bertz CT molecular complexity index is 671. The van der Waals surface area contributed by atoms with E-state index in [1.807, 2.05) is 13.8 Å². The Morgan fingerprint density at radius 3 is 2.26 bits per heavy atom. The number of nitrogens with one attached hydrogen (secondary N) is 2. The van der Waals surface area contributed by atoms with Crippen LogP contribution in [0, 0.1) is 0 Å². The molecule has 1 rings (SSSR count). The highest BCUT2D eigenvalue weighted by Crippen LogP contribution is 2.20. The van der Waals surface area contributed by atoms with Gasteiger partial charge in [-0.2, -0.15) is 0 Å². The highest BCUT2D eigenvalue weighted by atomic mass is 32.2. The van der Waals surface area contributed by atoms with Gasteiger partial charge in [0.2, 0.25) is 11.8 Å². The fourth-order valence-electron chi connectivity index (χ4n) is 2.00. The van der Waals surface area contributed by atoms with Gasteiger partial charge >= 0.3 is 0 Å². The predicted octanol–water partition coefficient (Wildman–Crippen LogP) is 0.485. The molecule has 0 bridgehead atoms. The number of likely N-dealkylation sites (N-methyl/N-ethyl adjacent to an activating group) is 1. The second-order valence-corrected chi connectivity index (χ2v) is 7.70. The van der Waals surface area contributed by atoms with Gasteiger partial charge < -0.3 is 10.6 Å². The normalized spacial score (nSPS) is 11.6. The zero-order valence-electron chi connectivity index (χ0n) is 13.8. The molecule has 0 unspecified atom stereocenters. The number of rotatable bonds is 7. The van der Waals surface area contributed by atoms with Gasteiger partial charge in [-0.3, -0.25) is 14.5 Å². The van der Waals surface area contributed by atoms with Crippen LogP contribution in [-0.4, -0.2) is 57.6 Å². The molecule has 0 saturated heterocycles. The van der Waals surface area contributed by atoms with E-state index in [1.54, 1.807) is 24.1 Å². The van der Waals surface area contributed by atoms with Crippen molar-refractivity contribution >= 4 is 27.3 Å². The van der Waals surface area contributed by atoms with Gasteiger partial charge in [-0.05, 0) is 33.0 Å². The van der Waals surface area contributed by atoms with Crippen molar-refractivity contribution < 1.29 is 18.0 Å². The first-order chi connectivity index (χ1) is 10.6. The zero-order chi connectivity index (χ0) is 17.6. The standard InChI is InChI=1S/C15H23N3O4S/c1-11(2)16-14(19)9-18(3)10-15(20)17-12-7-5-6-8-13(12)23(4,21)22/h5-8,11H,9-10H2,1-4H3,(H,16,19)(H,17,20). The molecule has 0 aliphatic heterocycles. The summed E-state index contributed by atoms with van der Waals surface area (Å²) in [5.74, 6) is -0.562. The number of carbonyl (C=O) groups excluding carboxylic acids is 2. The molecule has 0 aromatic heterocycles. The number of hydrogen-bond acceptors (Lipinski definition) is 5. The van der Waals surface area contributed by atoms with E-state index in [0.717, 1.165) is 6.26 Å². The van der Waals surface area contributed by atoms with E-state index in [4.69, 9.17) is 0 Å². The number of amides is 2. The Morgan fingerprint density at radius 1 is 1.13 bits per heavy atom. The molecule has 7 nitrogen and oxygen atoms in total. The molecule has 0 heterocycles. The van der Waals surface area contributed by atoms with Crippen LogP contribution in [0.1, 0.15) is 13.8 Å². The summed E-state index contributed by atoms with van der Waals surface area (Å²) in [5.41, 5.74) is 0.236. The van der Waals surface area contributed by atoms with Gasteiger partial charge in [0.25, 0.3) is 0 Å². The van der Waals surface area contributed by atoms with Crippen LogP contribution in [0.15, 0.2) is 29.2 Å². The second kappa shape index (κ2) is 8.07. The number of anilines is 1. The Hall–Kier alpha value is -1.93. The van der Waals surface area contributed by atoms with Gasteiger partial charge in [0, 0.05) is 12.3 Å². The van der Waals surface area contributed by atoms with Gasteiger partial charge in [0.15, 0.2) is 9.84 Å². The fourth-order valence-corrected chi connectivity index (χ4v) is 2.84. The molecule has 1 aromatic rings. The van der Waals surface area contributed by atoms with E-state index >= 15 is 0 Å². The number of para-hydroxylation sites is 1. The quantitative estimate of drug-likeness (QED) is 0.752. The largest absolute Gasteiger partial charge is 0.353 e. The molecule has 2 amide bonds. The van der Waals surface area contributed by atoms with Crippen LogP contribution in [0.5, 0.6) is 0 Å². The minimum atomic E-state index is -3.43. The molecule has 0 fully saturated rings. The number of sulfone groups is 1. The highest BCUT2D eigenvalue weighted by molar-refractivity contribution is 7.90. The minimum Gasteiger partial charge on any atom is -0.353 e. The van der Waals surface area contributed by atoms with E-state index in [-0.39, 0.29) is 41.5 Å². The summed E-state index contributed by atoms with van der Waals surface area (Å²) in [6.07, 6.45) is 1.08. The molecule has 0 aliphatic rings. The molecule has 2 N–H and O–H groups in total. The maximum absolute atomic E-state index is 12.0. The Balaban J connectivity index is 2.66. The molecule has 0 atom stereocenters. The smallest absolute Gasteiger partial charge is 0.238 e. The van der Waals surface area contributed by atoms with Crippen LogP contribution in [-0.2, 0) is 19.4 Å². The maximum Gasteiger partial charge on any atom is 0.238 e. The van der Waals surface area contributed by atoms with Crippen LogP contribution in [0.2, 0.25) is 0 Å². The van der Waals surface area contributed by atoms with Crippen LogP contribution in [0.25, 0.3) is 0 Å². The molecule has 1 aromatic carbocycles. The Morgan fingerprint density at radius 2 is 1.70 bits per heavy atom. The maximum atomic E-state index is 12.0. The second-order valence-electron chi connectivity index (χ2n) is 5.71. The van der Waals surface area contributed by atoms with Gasteiger partial charge in [0.1, 0.15) is 0 Å². The van der Waals surface area contributed by atoms with E-state index < -0.39 is 9.84 Å². The molecule has 0 spiro atoms.